The lowest BCUT2D eigenvalue weighted by molar-refractivity contribution is 0.247. The van der Waals surface area contributed by atoms with Crippen LogP contribution < -0.4 is 0 Å². The molecule has 30 heavy (non-hydrogen) atoms. The molecule has 5 heteroatoms. The average molecular weight is 441 g/mol. The van der Waals surface area contributed by atoms with Gasteiger partial charge in [-0.3, -0.25) is 0 Å². The SMILES string of the molecule is CCCCC1CCC(CCCc2cc(F)c(-c3cc(F)c(Cl)c(F)c3)c(F)c2)CC1. The second-order valence-corrected chi connectivity index (χ2v) is 8.99. The van der Waals surface area contributed by atoms with Gasteiger partial charge in [0, 0.05) is 0 Å². The van der Waals surface area contributed by atoms with Crippen LogP contribution in [-0.4, -0.2) is 0 Å². The monoisotopic (exact) mass is 440 g/mol. The summed E-state index contributed by atoms with van der Waals surface area (Å²) < 4.78 is 56.5. The van der Waals surface area contributed by atoms with Crippen molar-refractivity contribution in [2.75, 3.05) is 0 Å². The van der Waals surface area contributed by atoms with Gasteiger partial charge in [0.2, 0.25) is 0 Å². The summed E-state index contributed by atoms with van der Waals surface area (Å²) in [4.78, 5) is 0. The second kappa shape index (κ2) is 10.7. The van der Waals surface area contributed by atoms with Gasteiger partial charge in [0.05, 0.1) is 5.56 Å². The van der Waals surface area contributed by atoms with Gasteiger partial charge in [-0.25, -0.2) is 17.6 Å². The molecule has 0 nitrogen and oxygen atoms in total. The van der Waals surface area contributed by atoms with E-state index in [9.17, 15) is 17.6 Å². The summed E-state index contributed by atoms with van der Waals surface area (Å²) in [5, 5.41) is -0.685. The first-order valence-corrected chi connectivity index (χ1v) is 11.4. The molecular weight excluding hydrogens is 412 g/mol. The molecule has 0 bridgehead atoms. The third-order valence-corrected chi connectivity index (χ3v) is 6.75. The Labute approximate surface area is 181 Å². The number of benzene rings is 2. The molecule has 0 atom stereocenters. The summed E-state index contributed by atoms with van der Waals surface area (Å²) in [6.07, 6.45) is 11.6. The van der Waals surface area contributed by atoms with Gasteiger partial charge in [0.1, 0.15) is 28.3 Å². The van der Waals surface area contributed by atoms with Crippen molar-refractivity contribution in [2.45, 2.75) is 71.1 Å². The lowest BCUT2D eigenvalue weighted by atomic mass is 9.78. The topological polar surface area (TPSA) is 0 Å². The molecule has 0 N–H and O–H groups in total. The fourth-order valence-corrected chi connectivity index (χ4v) is 4.75. The Morgan fingerprint density at radius 3 is 1.77 bits per heavy atom. The second-order valence-electron chi connectivity index (χ2n) is 8.61. The fourth-order valence-electron chi connectivity index (χ4n) is 4.64. The number of unbranched alkanes of at least 4 members (excludes halogenated alkanes) is 1. The van der Waals surface area contributed by atoms with Gasteiger partial charge >= 0.3 is 0 Å². The highest BCUT2D eigenvalue weighted by Gasteiger charge is 2.21. The Morgan fingerprint density at radius 1 is 0.767 bits per heavy atom. The Balaban J connectivity index is 1.57. The highest BCUT2D eigenvalue weighted by molar-refractivity contribution is 6.31. The number of hydrogen-bond acceptors (Lipinski definition) is 0. The van der Waals surface area contributed by atoms with Crippen LogP contribution in [0.1, 0.15) is 70.3 Å². The van der Waals surface area contributed by atoms with Crippen molar-refractivity contribution in [3.63, 3.8) is 0 Å². The Kier molecular flexibility index (Phi) is 8.21. The number of rotatable bonds is 8. The maximum Gasteiger partial charge on any atom is 0.145 e. The normalized spacial score (nSPS) is 19.3. The molecule has 0 amide bonds. The van der Waals surface area contributed by atoms with Crippen LogP contribution >= 0.6 is 11.6 Å². The third kappa shape index (κ3) is 5.78. The van der Waals surface area contributed by atoms with E-state index in [1.807, 2.05) is 0 Å². The standard InChI is InChI=1S/C25H29ClF4/c1-2-3-5-16-8-10-17(11-9-16)6-4-7-18-12-20(27)24(21(28)13-18)19-14-22(29)25(26)23(30)15-19/h12-17H,2-11H2,1H3. The van der Waals surface area contributed by atoms with E-state index < -0.39 is 33.9 Å². The molecule has 1 aliphatic rings. The molecule has 2 aromatic rings. The molecule has 0 saturated heterocycles. The van der Waals surface area contributed by atoms with E-state index in [1.54, 1.807) is 0 Å². The van der Waals surface area contributed by atoms with Crippen LogP contribution in [0.5, 0.6) is 0 Å². The molecule has 164 valence electrons. The van der Waals surface area contributed by atoms with Crippen LogP contribution in [0.25, 0.3) is 11.1 Å². The number of hydrogen-bond donors (Lipinski definition) is 0. The van der Waals surface area contributed by atoms with E-state index in [-0.39, 0.29) is 5.56 Å². The van der Waals surface area contributed by atoms with E-state index >= 15 is 0 Å². The minimum absolute atomic E-state index is 0.198. The van der Waals surface area contributed by atoms with Gasteiger partial charge in [-0.15, -0.1) is 0 Å². The smallest absolute Gasteiger partial charge is 0.145 e. The first kappa shape index (κ1) is 23.1. The summed E-state index contributed by atoms with van der Waals surface area (Å²) in [7, 11) is 0. The van der Waals surface area contributed by atoms with Crippen molar-refractivity contribution in [1.29, 1.82) is 0 Å². The molecule has 3 rings (SSSR count). The molecule has 2 aromatic carbocycles. The molecule has 0 radical (unpaired) electrons. The zero-order valence-electron chi connectivity index (χ0n) is 17.4. The molecule has 0 unspecified atom stereocenters. The summed E-state index contributed by atoms with van der Waals surface area (Å²) in [6.45, 7) is 2.23. The van der Waals surface area contributed by atoms with Crippen LogP contribution in [0.3, 0.4) is 0 Å². The van der Waals surface area contributed by atoms with Crippen LogP contribution in [0.2, 0.25) is 5.02 Å². The fraction of sp³-hybridized carbons (Fsp3) is 0.520. The van der Waals surface area contributed by atoms with E-state index in [2.05, 4.69) is 6.92 Å². The van der Waals surface area contributed by atoms with Crippen LogP contribution in [0, 0.1) is 35.1 Å². The summed E-state index contributed by atoms with van der Waals surface area (Å²) in [5.74, 6) is -2.14. The molecule has 1 fully saturated rings. The molecule has 0 aliphatic heterocycles. The number of aryl methyl sites for hydroxylation is 1. The maximum atomic E-state index is 14.6. The zero-order valence-corrected chi connectivity index (χ0v) is 18.2. The predicted molar refractivity (Wildman–Crippen MR) is 115 cm³/mol. The Bertz CT molecular complexity index is 810. The van der Waals surface area contributed by atoms with Crippen molar-refractivity contribution in [2.24, 2.45) is 11.8 Å². The average Bonchev–Trinajstić information content (AvgIpc) is 2.71. The maximum absolute atomic E-state index is 14.6. The molecule has 0 spiro atoms. The van der Waals surface area contributed by atoms with E-state index in [4.69, 9.17) is 11.6 Å². The van der Waals surface area contributed by atoms with Crippen LogP contribution in [0.15, 0.2) is 24.3 Å². The van der Waals surface area contributed by atoms with E-state index in [1.165, 1.54) is 57.1 Å². The summed E-state index contributed by atoms with van der Waals surface area (Å²) in [6, 6.07) is 4.24. The highest BCUT2D eigenvalue weighted by atomic mass is 35.5. The minimum atomic E-state index is -1.04. The molecule has 1 saturated carbocycles. The van der Waals surface area contributed by atoms with E-state index in [0.717, 1.165) is 30.9 Å². The first-order chi connectivity index (χ1) is 14.4. The van der Waals surface area contributed by atoms with Gasteiger partial charge in [-0.1, -0.05) is 69.9 Å². The van der Waals surface area contributed by atoms with Gasteiger partial charge in [-0.05, 0) is 60.1 Å². The lowest BCUT2D eigenvalue weighted by Crippen LogP contribution is -2.14. The number of halogens is 5. The van der Waals surface area contributed by atoms with Gasteiger partial charge in [0.15, 0.2) is 0 Å². The molecule has 0 heterocycles. The first-order valence-electron chi connectivity index (χ1n) is 11.0. The summed E-state index contributed by atoms with van der Waals surface area (Å²) in [5.41, 5.74) is -0.0605. The Hall–Kier alpha value is -1.55. The predicted octanol–water partition coefficient (Wildman–Crippen LogP) is 8.88. The van der Waals surface area contributed by atoms with Crippen molar-refractivity contribution < 1.29 is 17.6 Å². The van der Waals surface area contributed by atoms with Crippen LogP contribution in [-0.2, 0) is 6.42 Å². The largest absolute Gasteiger partial charge is 0.206 e. The summed E-state index contributed by atoms with van der Waals surface area (Å²) >= 11 is 5.46. The van der Waals surface area contributed by atoms with Crippen molar-refractivity contribution in [3.05, 3.63) is 58.1 Å². The lowest BCUT2D eigenvalue weighted by Gasteiger charge is -2.28. The van der Waals surface area contributed by atoms with E-state index in [0.29, 0.717) is 17.9 Å². The van der Waals surface area contributed by atoms with Gasteiger partial charge in [0.25, 0.3) is 0 Å². The quantitative estimate of drug-likeness (QED) is 0.284. The van der Waals surface area contributed by atoms with Crippen molar-refractivity contribution in [3.8, 4) is 11.1 Å². The van der Waals surface area contributed by atoms with Crippen LogP contribution in [0.4, 0.5) is 17.6 Å². The molecular formula is C25H29ClF4. The van der Waals surface area contributed by atoms with Gasteiger partial charge in [-0.2, -0.15) is 0 Å². The molecule has 1 aliphatic carbocycles. The Morgan fingerprint density at radius 2 is 1.27 bits per heavy atom. The van der Waals surface area contributed by atoms with Crippen molar-refractivity contribution >= 4 is 11.6 Å². The van der Waals surface area contributed by atoms with Crippen molar-refractivity contribution in [1.82, 2.24) is 0 Å². The zero-order chi connectivity index (χ0) is 21.7. The molecule has 0 aromatic heterocycles. The van der Waals surface area contributed by atoms with Gasteiger partial charge < -0.3 is 0 Å². The third-order valence-electron chi connectivity index (χ3n) is 6.38. The highest BCUT2D eigenvalue weighted by Crippen LogP contribution is 2.35. The minimum Gasteiger partial charge on any atom is -0.206 e.